The summed E-state index contributed by atoms with van der Waals surface area (Å²) in [6.45, 7) is -0.0131. The van der Waals surface area contributed by atoms with E-state index in [0.29, 0.717) is 13.0 Å². The summed E-state index contributed by atoms with van der Waals surface area (Å²) in [7, 11) is 0. The van der Waals surface area contributed by atoms with E-state index in [9.17, 15) is 9.18 Å². The van der Waals surface area contributed by atoms with Gasteiger partial charge in [-0.3, -0.25) is 0 Å². The predicted octanol–water partition coefficient (Wildman–Crippen LogP) is 1.69. The fourth-order valence-corrected chi connectivity index (χ4v) is 2.13. The first kappa shape index (κ1) is 12.8. The minimum atomic E-state index is -0.575. The molecule has 1 aromatic carbocycles. The van der Waals surface area contributed by atoms with E-state index in [0.717, 1.165) is 5.56 Å². The molecule has 18 heavy (non-hydrogen) atoms. The highest BCUT2D eigenvalue weighted by Gasteiger charge is 2.34. The Bertz CT molecular complexity index is 399. The fourth-order valence-electron chi connectivity index (χ4n) is 2.13. The van der Waals surface area contributed by atoms with Crippen LogP contribution in [0, 0.1) is 0 Å². The number of ether oxygens (including phenoxy) is 1. The summed E-state index contributed by atoms with van der Waals surface area (Å²) in [4.78, 5) is 13.2. The van der Waals surface area contributed by atoms with Crippen molar-refractivity contribution in [3.8, 4) is 0 Å². The van der Waals surface area contributed by atoms with Crippen LogP contribution in [0.4, 0.5) is 9.18 Å². The molecule has 5 heteroatoms. The number of nitrogens with two attached hydrogens (primary N) is 1. The lowest BCUT2D eigenvalue weighted by molar-refractivity contribution is 0.0875. The van der Waals surface area contributed by atoms with Gasteiger partial charge < -0.3 is 15.4 Å². The predicted molar refractivity (Wildman–Crippen MR) is 65.7 cm³/mol. The van der Waals surface area contributed by atoms with Crippen LogP contribution in [-0.4, -0.2) is 36.3 Å². The molecule has 1 unspecified atom stereocenters. The molecule has 1 aliphatic rings. The third-order valence-corrected chi connectivity index (χ3v) is 3.06. The molecule has 0 aliphatic carbocycles. The Kier molecular flexibility index (Phi) is 4.15. The molecule has 2 rings (SSSR count). The molecular formula is C13H17FN2O2. The van der Waals surface area contributed by atoms with Crippen molar-refractivity contribution in [2.24, 2.45) is 5.73 Å². The van der Waals surface area contributed by atoms with E-state index < -0.39 is 18.8 Å². The van der Waals surface area contributed by atoms with Crippen molar-refractivity contribution >= 4 is 6.09 Å². The molecule has 0 saturated carbocycles. The van der Waals surface area contributed by atoms with E-state index in [1.807, 2.05) is 30.3 Å². The van der Waals surface area contributed by atoms with Crippen molar-refractivity contribution in [1.82, 2.24) is 4.90 Å². The quantitative estimate of drug-likeness (QED) is 0.890. The average Bonchev–Trinajstić information content (AvgIpc) is 2.78. The molecule has 0 spiro atoms. The molecule has 1 aliphatic heterocycles. The van der Waals surface area contributed by atoms with Gasteiger partial charge in [0.2, 0.25) is 0 Å². The summed E-state index contributed by atoms with van der Waals surface area (Å²) >= 11 is 0. The molecule has 1 fully saturated rings. The molecule has 4 nitrogen and oxygen atoms in total. The maximum absolute atomic E-state index is 12.7. The normalized spacial score (nSPS) is 23.1. The summed E-state index contributed by atoms with van der Waals surface area (Å²) in [5, 5.41) is 0. The SMILES string of the molecule is NC1C[C@H](CF)N(C(=O)OCc2ccccc2)C1. The Hall–Kier alpha value is -1.62. The monoisotopic (exact) mass is 252 g/mol. The molecule has 2 N–H and O–H groups in total. The molecule has 1 heterocycles. The number of nitrogens with zero attached hydrogens (tertiary/aromatic N) is 1. The highest BCUT2D eigenvalue weighted by atomic mass is 19.1. The van der Waals surface area contributed by atoms with E-state index >= 15 is 0 Å². The maximum Gasteiger partial charge on any atom is 0.410 e. The van der Waals surface area contributed by atoms with Gasteiger partial charge in [-0.2, -0.15) is 0 Å². The van der Waals surface area contributed by atoms with E-state index in [4.69, 9.17) is 10.5 Å². The van der Waals surface area contributed by atoms with Crippen LogP contribution in [0.1, 0.15) is 12.0 Å². The lowest BCUT2D eigenvalue weighted by atomic mass is 10.2. The summed E-state index contributed by atoms with van der Waals surface area (Å²) < 4.78 is 17.9. The van der Waals surface area contributed by atoms with Crippen LogP contribution < -0.4 is 5.73 Å². The minimum absolute atomic E-state index is 0.157. The first-order chi connectivity index (χ1) is 8.70. The van der Waals surface area contributed by atoms with Crippen molar-refractivity contribution in [2.45, 2.75) is 25.1 Å². The van der Waals surface area contributed by atoms with Gasteiger partial charge in [0.15, 0.2) is 0 Å². The van der Waals surface area contributed by atoms with Gasteiger partial charge in [0.1, 0.15) is 13.3 Å². The number of likely N-dealkylation sites (tertiary alicyclic amines) is 1. The molecule has 2 atom stereocenters. The Morgan fingerprint density at radius 1 is 1.44 bits per heavy atom. The number of alkyl halides is 1. The number of benzene rings is 1. The van der Waals surface area contributed by atoms with Crippen LogP contribution in [-0.2, 0) is 11.3 Å². The van der Waals surface area contributed by atoms with E-state index in [-0.39, 0.29) is 12.6 Å². The number of amides is 1. The molecule has 98 valence electrons. The second kappa shape index (κ2) is 5.82. The molecule has 1 aromatic rings. The summed E-state index contributed by atoms with van der Waals surface area (Å²) in [5.74, 6) is 0. The van der Waals surface area contributed by atoms with Crippen LogP contribution in [0.3, 0.4) is 0 Å². The minimum Gasteiger partial charge on any atom is -0.445 e. The topological polar surface area (TPSA) is 55.6 Å². The number of rotatable bonds is 3. The van der Waals surface area contributed by atoms with Crippen molar-refractivity contribution in [3.05, 3.63) is 35.9 Å². The largest absolute Gasteiger partial charge is 0.445 e. The van der Waals surface area contributed by atoms with Gasteiger partial charge in [0.25, 0.3) is 0 Å². The second-order valence-electron chi connectivity index (χ2n) is 4.50. The van der Waals surface area contributed by atoms with E-state index in [2.05, 4.69) is 0 Å². The van der Waals surface area contributed by atoms with Crippen LogP contribution in [0.15, 0.2) is 30.3 Å². The zero-order chi connectivity index (χ0) is 13.0. The van der Waals surface area contributed by atoms with Gasteiger partial charge in [-0.1, -0.05) is 30.3 Å². The zero-order valence-electron chi connectivity index (χ0n) is 10.1. The smallest absolute Gasteiger partial charge is 0.410 e. The number of halogens is 1. The van der Waals surface area contributed by atoms with Gasteiger partial charge in [-0.25, -0.2) is 9.18 Å². The molecule has 1 saturated heterocycles. The third kappa shape index (κ3) is 2.98. The van der Waals surface area contributed by atoms with Crippen molar-refractivity contribution in [1.29, 1.82) is 0 Å². The first-order valence-electron chi connectivity index (χ1n) is 5.99. The number of carbonyl (C=O) groups excluding carboxylic acids is 1. The summed E-state index contributed by atoms with van der Waals surface area (Å²) in [5.41, 5.74) is 6.63. The number of carbonyl (C=O) groups is 1. The molecule has 0 radical (unpaired) electrons. The molecule has 0 bridgehead atoms. The van der Waals surface area contributed by atoms with Gasteiger partial charge in [0.05, 0.1) is 6.04 Å². The van der Waals surface area contributed by atoms with Crippen LogP contribution in [0.5, 0.6) is 0 Å². The average molecular weight is 252 g/mol. The van der Waals surface area contributed by atoms with Gasteiger partial charge in [0, 0.05) is 12.6 Å². The molecule has 0 aromatic heterocycles. The number of hydrogen-bond acceptors (Lipinski definition) is 3. The fraction of sp³-hybridized carbons (Fsp3) is 0.462. The lowest BCUT2D eigenvalue weighted by Gasteiger charge is -2.21. The second-order valence-corrected chi connectivity index (χ2v) is 4.50. The Morgan fingerprint density at radius 2 is 2.17 bits per heavy atom. The van der Waals surface area contributed by atoms with E-state index in [1.54, 1.807) is 0 Å². The third-order valence-electron chi connectivity index (χ3n) is 3.06. The van der Waals surface area contributed by atoms with Crippen molar-refractivity contribution < 1.29 is 13.9 Å². The van der Waals surface area contributed by atoms with Crippen LogP contribution in [0.25, 0.3) is 0 Å². The summed E-state index contributed by atoms with van der Waals surface area (Å²) in [6.07, 6.45) is 0.00571. The lowest BCUT2D eigenvalue weighted by Crippen LogP contribution is -2.38. The highest BCUT2D eigenvalue weighted by molar-refractivity contribution is 5.68. The maximum atomic E-state index is 12.7. The van der Waals surface area contributed by atoms with E-state index in [1.165, 1.54) is 4.90 Å². The standard InChI is InChI=1S/C13H17FN2O2/c14-7-12-6-11(15)8-16(12)13(17)18-9-10-4-2-1-3-5-10/h1-5,11-12H,6-9,15H2/t11?,12-/m1/s1. The molecule has 1 amide bonds. The zero-order valence-corrected chi connectivity index (χ0v) is 10.1. The van der Waals surface area contributed by atoms with Gasteiger partial charge in [-0.15, -0.1) is 0 Å². The Labute approximate surface area is 106 Å². The molecular weight excluding hydrogens is 235 g/mol. The van der Waals surface area contributed by atoms with Crippen molar-refractivity contribution in [2.75, 3.05) is 13.2 Å². The highest BCUT2D eigenvalue weighted by Crippen LogP contribution is 2.18. The van der Waals surface area contributed by atoms with Gasteiger partial charge in [-0.05, 0) is 12.0 Å². The number of hydrogen-bond donors (Lipinski definition) is 1. The Morgan fingerprint density at radius 3 is 2.83 bits per heavy atom. The van der Waals surface area contributed by atoms with Crippen LogP contribution >= 0.6 is 0 Å². The van der Waals surface area contributed by atoms with Gasteiger partial charge >= 0.3 is 6.09 Å². The van der Waals surface area contributed by atoms with Crippen molar-refractivity contribution in [3.63, 3.8) is 0 Å². The Balaban J connectivity index is 1.88. The van der Waals surface area contributed by atoms with Crippen LogP contribution in [0.2, 0.25) is 0 Å². The summed E-state index contributed by atoms with van der Waals surface area (Å²) in [6, 6.07) is 8.78. The first-order valence-corrected chi connectivity index (χ1v) is 5.99.